The molecular formula is C17H22N2OS2. The van der Waals surface area contributed by atoms with Crippen molar-refractivity contribution < 1.29 is 5.11 Å². The molecule has 3 nitrogen and oxygen atoms in total. The lowest BCUT2D eigenvalue weighted by Crippen LogP contribution is -2.37. The van der Waals surface area contributed by atoms with Crippen LogP contribution in [-0.2, 0) is 6.42 Å². The molecule has 22 heavy (non-hydrogen) atoms. The lowest BCUT2D eigenvalue weighted by molar-refractivity contribution is 0.0504. The molecule has 1 atom stereocenters. The molecule has 1 aliphatic rings. The van der Waals surface area contributed by atoms with E-state index in [-0.39, 0.29) is 0 Å². The standard InChI is InChI=1S/C17H22N2OS2/c1-21-16(22-2)12-7-5-6-10-17(12,20)11-15-18-13-8-3-4-9-14(13)19-15/h3-4,8-9,20H,5-7,10-11H2,1-2H3,(H,18,19). The summed E-state index contributed by atoms with van der Waals surface area (Å²) >= 11 is 3.49. The molecule has 2 N–H and O–H groups in total. The van der Waals surface area contributed by atoms with Crippen LogP contribution < -0.4 is 0 Å². The van der Waals surface area contributed by atoms with Crippen LogP contribution in [0.2, 0.25) is 0 Å². The van der Waals surface area contributed by atoms with Crippen molar-refractivity contribution >= 4 is 34.6 Å². The second-order valence-electron chi connectivity index (χ2n) is 5.79. The highest BCUT2D eigenvalue weighted by Gasteiger charge is 2.37. The van der Waals surface area contributed by atoms with E-state index in [1.165, 1.54) is 16.2 Å². The molecule has 0 amide bonds. The minimum atomic E-state index is -0.756. The minimum Gasteiger partial charge on any atom is -0.385 e. The van der Waals surface area contributed by atoms with Gasteiger partial charge in [0.25, 0.3) is 0 Å². The van der Waals surface area contributed by atoms with Crippen molar-refractivity contribution in [2.75, 3.05) is 12.5 Å². The number of nitrogens with zero attached hydrogens (tertiary/aromatic N) is 1. The van der Waals surface area contributed by atoms with Gasteiger partial charge in [0.2, 0.25) is 0 Å². The van der Waals surface area contributed by atoms with E-state index >= 15 is 0 Å². The van der Waals surface area contributed by atoms with Crippen LogP contribution in [0.3, 0.4) is 0 Å². The number of benzene rings is 1. The fraction of sp³-hybridized carbons (Fsp3) is 0.471. The third-order valence-electron chi connectivity index (χ3n) is 4.34. The van der Waals surface area contributed by atoms with Gasteiger partial charge in [0.15, 0.2) is 0 Å². The number of H-pyrrole nitrogens is 1. The van der Waals surface area contributed by atoms with Crippen LogP contribution in [0.5, 0.6) is 0 Å². The molecule has 1 aromatic heterocycles. The van der Waals surface area contributed by atoms with Gasteiger partial charge in [-0.15, -0.1) is 23.5 Å². The van der Waals surface area contributed by atoms with E-state index in [0.29, 0.717) is 6.42 Å². The maximum atomic E-state index is 11.3. The van der Waals surface area contributed by atoms with Crippen LogP contribution in [0.1, 0.15) is 31.5 Å². The van der Waals surface area contributed by atoms with Gasteiger partial charge < -0.3 is 10.1 Å². The Morgan fingerprint density at radius 3 is 2.77 bits per heavy atom. The number of nitrogens with one attached hydrogen (secondary N) is 1. The molecule has 0 aliphatic heterocycles. The molecule has 1 fully saturated rings. The molecule has 2 aromatic rings. The summed E-state index contributed by atoms with van der Waals surface area (Å²) in [4.78, 5) is 8.00. The van der Waals surface area contributed by atoms with Crippen LogP contribution in [-0.4, -0.2) is 33.2 Å². The summed E-state index contributed by atoms with van der Waals surface area (Å²) in [5.74, 6) is 0.879. The Morgan fingerprint density at radius 2 is 2.05 bits per heavy atom. The van der Waals surface area contributed by atoms with Crippen molar-refractivity contribution in [1.82, 2.24) is 9.97 Å². The summed E-state index contributed by atoms with van der Waals surface area (Å²) < 4.78 is 1.26. The zero-order valence-electron chi connectivity index (χ0n) is 13.1. The van der Waals surface area contributed by atoms with Gasteiger partial charge >= 0.3 is 0 Å². The van der Waals surface area contributed by atoms with Gasteiger partial charge in [-0.1, -0.05) is 12.1 Å². The lowest BCUT2D eigenvalue weighted by atomic mass is 9.78. The first kappa shape index (κ1) is 16.0. The number of para-hydroxylation sites is 2. The summed E-state index contributed by atoms with van der Waals surface area (Å²) in [5.41, 5.74) is 2.46. The fourth-order valence-electron chi connectivity index (χ4n) is 3.29. The van der Waals surface area contributed by atoms with E-state index in [4.69, 9.17) is 0 Å². The predicted molar refractivity (Wildman–Crippen MR) is 97.3 cm³/mol. The van der Waals surface area contributed by atoms with Crippen molar-refractivity contribution in [2.24, 2.45) is 0 Å². The molecule has 0 spiro atoms. The fourth-order valence-corrected chi connectivity index (χ4v) is 5.03. The highest BCUT2D eigenvalue weighted by Crippen LogP contribution is 2.42. The number of thioether (sulfide) groups is 2. The van der Waals surface area contributed by atoms with E-state index < -0.39 is 5.60 Å². The Kier molecular flexibility index (Phi) is 4.85. The zero-order chi connectivity index (χ0) is 15.6. The number of aromatic amines is 1. The third-order valence-corrected chi connectivity index (χ3v) is 6.58. The highest BCUT2D eigenvalue weighted by molar-refractivity contribution is 8.21. The van der Waals surface area contributed by atoms with Crippen LogP contribution in [0, 0.1) is 0 Å². The molecule has 1 unspecified atom stereocenters. The van der Waals surface area contributed by atoms with E-state index in [0.717, 1.165) is 36.1 Å². The van der Waals surface area contributed by atoms with Gasteiger partial charge in [0.1, 0.15) is 5.82 Å². The first-order valence-electron chi connectivity index (χ1n) is 7.64. The first-order valence-corrected chi connectivity index (χ1v) is 10.1. The van der Waals surface area contributed by atoms with E-state index in [2.05, 4.69) is 22.5 Å². The van der Waals surface area contributed by atoms with Crippen LogP contribution >= 0.6 is 23.5 Å². The van der Waals surface area contributed by atoms with Gasteiger partial charge in [-0.2, -0.15) is 0 Å². The molecule has 3 rings (SSSR count). The Balaban J connectivity index is 1.94. The Hall–Kier alpha value is -0.910. The molecule has 1 aromatic carbocycles. The Bertz CT molecular complexity index is 656. The van der Waals surface area contributed by atoms with Crippen LogP contribution in [0.25, 0.3) is 11.0 Å². The molecule has 1 saturated carbocycles. The third kappa shape index (κ3) is 3.07. The van der Waals surface area contributed by atoms with Gasteiger partial charge in [-0.25, -0.2) is 4.98 Å². The van der Waals surface area contributed by atoms with Crippen LogP contribution in [0.4, 0.5) is 0 Å². The second kappa shape index (κ2) is 6.69. The summed E-state index contributed by atoms with van der Waals surface area (Å²) in [5, 5.41) is 11.3. The smallest absolute Gasteiger partial charge is 0.110 e. The molecular weight excluding hydrogens is 312 g/mol. The summed E-state index contributed by atoms with van der Waals surface area (Å²) in [6.45, 7) is 0. The average molecular weight is 335 g/mol. The minimum absolute atomic E-state index is 0.571. The van der Waals surface area contributed by atoms with Crippen molar-refractivity contribution in [2.45, 2.75) is 37.7 Å². The zero-order valence-corrected chi connectivity index (χ0v) is 14.7. The van der Waals surface area contributed by atoms with E-state index in [1.54, 1.807) is 23.5 Å². The van der Waals surface area contributed by atoms with Crippen molar-refractivity contribution in [1.29, 1.82) is 0 Å². The van der Waals surface area contributed by atoms with Crippen molar-refractivity contribution in [3.8, 4) is 0 Å². The van der Waals surface area contributed by atoms with Crippen molar-refractivity contribution in [3.63, 3.8) is 0 Å². The molecule has 5 heteroatoms. The van der Waals surface area contributed by atoms with Crippen LogP contribution in [0.15, 0.2) is 34.1 Å². The molecule has 0 radical (unpaired) electrons. The summed E-state index contributed by atoms with van der Waals surface area (Å²) in [6, 6.07) is 8.03. The number of aliphatic hydroxyl groups is 1. The van der Waals surface area contributed by atoms with E-state index in [1.807, 2.05) is 24.3 Å². The molecule has 0 bridgehead atoms. The number of imidazole rings is 1. The summed E-state index contributed by atoms with van der Waals surface area (Å²) in [7, 11) is 0. The Morgan fingerprint density at radius 1 is 1.27 bits per heavy atom. The van der Waals surface area contributed by atoms with Gasteiger partial charge in [0.05, 0.1) is 16.6 Å². The van der Waals surface area contributed by atoms with E-state index in [9.17, 15) is 5.11 Å². The number of aromatic nitrogens is 2. The maximum Gasteiger partial charge on any atom is 0.110 e. The van der Waals surface area contributed by atoms with Gasteiger partial charge in [-0.3, -0.25) is 0 Å². The largest absolute Gasteiger partial charge is 0.385 e. The van der Waals surface area contributed by atoms with Gasteiger partial charge in [-0.05, 0) is 55.9 Å². The summed E-state index contributed by atoms with van der Waals surface area (Å²) in [6.07, 6.45) is 8.82. The number of fused-ring (bicyclic) bond motifs is 1. The van der Waals surface area contributed by atoms with Gasteiger partial charge in [0, 0.05) is 10.7 Å². The topological polar surface area (TPSA) is 48.9 Å². The molecule has 1 aliphatic carbocycles. The SMILES string of the molecule is CSC(SC)=C1CCCCC1(O)Cc1nc2ccccc2[nH]1. The maximum absolute atomic E-state index is 11.3. The monoisotopic (exact) mass is 334 g/mol. The number of hydrogen-bond acceptors (Lipinski definition) is 4. The Labute approximate surface area is 140 Å². The quantitative estimate of drug-likeness (QED) is 0.873. The highest BCUT2D eigenvalue weighted by atomic mass is 32.2. The predicted octanol–water partition coefficient (Wildman–Crippen LogP) is 4.35. The molecule has 1 heterocycles. The first-order chi connectivity index (χ1) is 10.7. The molecule has 118 valence electrons. The van der Waals surface area contributed by atoms with Crippen molar-refractivity contribution in [3.05, 3.63) is 39.9 Å². The second-order valence-corrected chi connectivity index (χ2v) is 7.68. The lowest BCUT2D eigenvalue weighted by Gasteiger charge is -2.36. The normalized spacial score (nSPS) is 22.2. The number of rotatable bonds is 4. The number of hydrogen-bond donors (Lipinski definition) is 2. The molecule has 0 saturated heterocycles. The average Bonchev–Trinajstić information content (AvgIpc) is 2.92.